The van der Waals surface area contributed by atoms with Gasteiger partial charge in [-0.15, -0.1) is 0 Å². The summed E-state index contributed by atoms with van der Waals surface area (Å²) in [5, 5.41) is 6.15. The maximum Gasteiger partial charge on any atom is 0.338 e. The second-order valence-corrected chi connectivity index (χ2v) is 7.28. The smallest absolute Gasteiger partial charge is 0.338 e. The Hall–Kier alpha value is -2.09. The average Bonchev–Trinajstić information content (AvgIpc) is 2.68. The van der Waals surface area contributed by atoms with Crippen LogP contribution in [0.2, 0.25) is 5.02 Å². The molecule has 2 heterocycles. The summed E-state index contributed by atoms with van der Waals surface area (Å²) < 4.78 is 5.30. The van der Waals surface area contributed by atoms with Crippen molar-refractivity contribution in [2.24, 2.45) is 0 Å². The van der Waals surface area contributed by atoms with E-state index in [1.54, 1.807) is 13.0 Å². The van der Waals surface area contributed by atoms with Crippen molar-refractivity contribution in [2.45, 2.75) is 19.9 Å². The fourth-order valence-electron chi connectivity index (χ4n) is 3.62. The summed E-state index contributed by atoms with van der Waals surface area (Å²) in [6.07, 6.45) is 0. The number of esters is 1. The molecule has 2 amide bonds. The highest BCUT2D eigenvalue weighted by atomic mass is 35.5. The predicted octanol–water partition coefficient (Wildman–Crippen LogP) is 2.15. The van der Waals surface area contributed by atoms with E-state index >= 15 is 0 Å². The maximum atomic E-state index is 12.8. The third-order valence-electron chi connectivity index (χ3n) is 5.16. The predicted molar refractivity (Wildman–Crippen MR) is 108 cm³/mol. The molecule has 2 aliphatic rings. The molecule has 0 unspecified atom stereocenters. The van der Waals surface area contributed by atoms with Gasteiger partial charge in [0, 0.05) is 43.4 Å². The molecule has 0 radical (unpaired) electrons. The van der Waals surface area contributed by atoms with Crippen LogP contribution < -0.4 is 10.6 Å². The van der Waals surface area contributed by atoms with E-state index in [1.807, 2.05) is 18.2 Å². The van der Waals surface area contributed by atoms with Crippen molar-refractivity contribution in [1.82, 2.24) is 20.4 Å². The normalized spacial score (nSPS) is 21.2. The van der Waals surface area contributed by atoms with Crippen LogP contribution in [0.4, 0.5) is 4.79 Å². The monoisotopic (exact) mass is 406 g/mol. The number of carbonyl (C=O) groups is 2. The van der Waals surface area contributed by atoms with Gasteiger partial charge in [-0.3, -0.25) is 4.90 Å². The standard InChI is InChI=1S/C20H27ClN4O3/c1-3-24-9-11-25(12-10-24)13-16-17(19(26)28-4-2)18(23-20(27)22-16)14-7-5-6-8-15(14)21/h5-8,18H,3-4,9-13H2,1-2H3,(H2,22,23,27)/t18-/m0/s1. The summed E-state index contributed by atoms with van der Waals surface area (Å²) in [5.74, 6) is -0.442. The van der Waals surface area contributed by atoms with E-state index in [1.165, 1.54) is 0 Å². The van der Waals surface area contributed by atoms with Gasteiger partial charge in [-0.05, 0) is 25.1 Å². The Kier molecular flexibility index (Phi) is 6.93. The van der Waals surface area contributed by atoms with Gasteiger partial charge >= 0.3 is 12.0 Å². The Balaban J connectivity index is 1.93. The summed E-state index contributed by atoms with van der Waals surface area (Å²) in [6, 6.07) is 6.22. The first-order chi connectivity index (χ1) is 13.5. The van der Waals surface area contributed by atoms with Crippen molar-refractivity contribution in [2.75, 3.05) is 45.9 Å². The van der Waals surface area contributed by atoms with Crippen LogP contribution in [0.25, 0.3) is 0 Å². The van der Waals surface area contributed by atoms with Crippen LogP contribution in [0.15, 0.2) is 35.5 Å². The number of nitrogens with zero attached hydrogens (tertiary/aromatic N) is 2. The number of urea groups is 1. The molecule has 0 aromatic heterocycles. The minimum absolute atomic E-state index is 0.258. The van der Waals surface area contributed by atoms with Crippen molar-refractivity contribution in [3.05, 3.63) is 46.1 Å². The molecule has 7 nitrogen and oxygen atoms in total. The van der Waals surface area contributed by atoms with E-state index in [4.69, 9.17) is 16.3 Å². The number of rotatable bonds is 6. The van der Waals surface area contributed by atoms with Gasteiger partial charge in [-0.2, -0.15) is 0 Å². The highest BCUT2D eigenvalue weighted by molar-refractivity contribution is 6.31. The number of amides is 2. The largest absolute Gasteiger partial charge is 0.463 e. The molecule has 152 valence electrons. The lowest BCUT2D eigenvalue weighted by Gasteiger charge is -2.36. The number of hydrogen-bond acceptors (Lipinski definition) is 5. The summed E-state index contributed by atoms with van der Waals surface area (Å²) in [5.41, 5.74) is 1.67. The van der Waals surface area contributed by atoms with E-state index in [9.17, 15) is 9.59 Å². The zero-order chi connectivity index (χ0) is 20.1. The van der Waals surface area contributed by atoms with Crippen LogP contribution in [0.5, 0.6) is 0 Å². The van der Waals surface area contributed by atoms with Crippen molar-refractivity contribution >= 4 is 23.6 Å². The third kappa shape index (κ3) is 4.66. The molecule has 8 heteroatoms. The molecular formula is C20H27ClN4O3. The first kappa shape index (κ1) is 20.6. The number of likely N-dealkylation sites (N-methyl/N-ethyl adjacent to an activating group) is 1. The van der Waals surface area contributed by atoms with E-state index < -0.39 is 12.0 Å². The molecule has 1 aromatic rings. The lowest BCUT2D eigenvalue weighted by atomic mass is 9.95. The molecule has 1 atom stereocenters. The molecule has 0 bridgehead atoms. The molecule has 0 aliphatic carbocycles. The number of nitrogens with one attached hydrogen (secondary N) is 2. The van der Waals surface area contributed by atoms with Crippen molar-refractivity contribution in [3.63, 3.8) is 0 Å². The molecule has 3 rings (SSSR count). The van der Waals surface area contributed by atoms with Crippen molar-refractivity contribution in [3.8, 4) is 0 Å². The summed E-state index contributed by atoms with van der Waals surface area (Å²) >= 11 is 6.36. The van der Waals surface area contributed by atoms with Crippen LogP contribution >= 0.6 is 11.6 Å². The Morgan fingerprint density at radius 2 is 1.86 bits per heavy atom. The van der Waals surface area contributed by atoms with Crippen molar-refractivity contribution in [1.29, 1.82) is 0 Å². The van der Waals surface area contributed by atoms with Crippen LogP contribution in [-0.2, 0) is 9.53 Å². The Morgan fingerprint density at radius 1 is 1.18 bits per heavy atom. The molecular weight excluding hydrogens is 380 g/mol. The fourth-order valence-corrected chi connectivity index (χ4v) is 3.87. The lowest BCUT2D eigenvalue weighted by molar-refractivity contribution is -0.139. The molecule has 28 heavy (non-hydrogen) atoms. The number of piperazine rings is 1. The Labute approximate surface area is 170 Å². The van der Waals surface area contributed by atoms with Gasteiger partial charge in [0.25, 0.3) is 0 Å². The van der Waals surface area contributed by atoms with E-state index in [2.05, 4.69) is 27.4 Å². The van der Waals surface area contributed by atoms with Gasteiger partial charge in [0.1, 0.15) is 0 Å². The van der Waals surface area contributed by atoms with E-state index in [-0.39, 0.29) is 12.6 Å². The van der Waals surface area contributed by atoms with Crippen LogP contribution in [-0.4, -0.2) is 67.7 Å². The quantitative estimate of drug-likeness (QED) is 0.708. The molecule has 0 spiro atoms. The molecule has 1 aromatic carbocycles. The molecule has 2 aliphatic heterocycles. The minimum Gasteiger partial charge on any atom is -0.463 e. The Morgan fingerprint density at radius 3 is 2.50 bits per heavy atom. The SMILES string of the molecule is CCOC(=O)C1=C(CN2CCN(CC)CC2)NC(=O)N[C@H]1c1ccccc1Cl. The van der Waals surface area contributed by atoms with Gasteiger partial charge in [0.15, 0.2) is 0 Å². The second-order valence-electron chi connectivity index (χ2n) is 6.88. The fraction of sp³-hybridized carbons (Fsp3) is 0.500. The summed E-state index contributed by atoms with van der Waals surface area (Å²) in [7, 11) is 0. The number of hydrogen-bond donors (Lipinski definition) is 2. The topological polar surface area (TPSA) is 73.9 Å². The van der Waals surface area contributed by atoms with Gasteiger partial charge in [-0.1, -0.05) is 36.7 Å². The zero-order valence-corrected chi connectivity index (χ0v) is 17.1. The third-order valence-corrected chi connectivity index (χ3v) is 5.50. The number of halogens is 1. The van der Waals surface area contributed by atoms with Crippen LogP contribution in [0.1, 0.15) is 25.5 Å². The minimum atomic E-state index is -0.645. The maximum absolute atomic E-state index is 12.8. The number of benzene rings is 1. The van der Waals surface area contributed by atoms with E-state index in [0.717, 1.165) is 32.7 Å². The highest BCUT2D eigenvalue weighted by Crippen LogP contribution is 2.32. The number of carbonyl (C=O) groups excluding carboxylic acids is 2. The molecule has 1 saturated heterocycles. The first-order valence-electron chi connectivity index (χ1n) is 9.70. The van der Waals surface area contributed by atoms with Crippen LogP contribution in [0, 0.1) is 0 Å². The molecule has 2 N–H and O–H groups in total. The van der Waals surface area contributed by atoms with Gasteiger partial charge in [0.05, 0.1) is 18.2 Å². The average molecular weight is 407 g/mol. The van der Waals surface area contributed by atoms with Crippen LogP contribution in [0.3, 0.4) is 0 Å². The van der Waals surface area contributed by atoms with Gasteiger partial charge < -0.3 is 20.3 Å². The lowest BCUT2D eigenvalue weighted by Crippen LogP contribution is -2.51. The Bertz CT molecular complexity index is 760. The van der Waals surface area contributed by atoms with E-state index in [0.29, 0.717) is 28.4 Å². The van der Waals surface area contributed by atoms with Gasteiger partial charge in [-0.25, -0.2) is 9.59 Å². The number of ether oxygens (including phenoxy) is 1. The zero-order valence-electron chi connectivity index (χ0n) is 16.3. The summed E-state index contributed by atoms with van der Waals surface area (Å²) in [6.45, 7) is 9.39. The highest BCUT2D eigenvalue weighted by Gasteiger charge is 2.35. The molecule has 1 fully saturated rings. The molecule has 0 saturated carbocycles. The van der Waals surface area contributed by atoms with Crippen molar-refractivity contribution < 1.29 is 14.3 Å². The second kappa shape index (κ2) is 9.41. The van der Waals surface area contributed by atoms with Gasteiger partial charge in [0.2, 0.25) is 0 Å². The first-order valence-corrected chi connectivity index (χ1v) is 10.1. The summed E-state index contributed by atoms with van der Waals surface area (Å²) in [4.78, 5) is 29.8.